The van der Waals surface area contributed by atoms with Crippen LogP contribution in [0.1, 0.15) is 48.9 Å². The smallest absolute Gasteiger partial charge is 0.253 e. The first kappa shape index (κ1) is 17.5. The molecule has 0 bridgehead atoms. The lowest BCUT2D eigenvalue weighted by molar-refractivity contribution is -0.122. The Hall–Kier alpha value is -2.30. The summed E-state index contributed by atoms with van der Waals surface area (Å²) in [6.07, 6.45) is 8.62. The summed E-state index contributed by atoms with van der Waals surface area (Å²) in [5, 5.41) is 6.76. The van der Waals surface area contributed by atoms with Crippen LogP contribution in [0.5, 0.6) is 0 Å². The van der Waals surface area contributed by atoms with Crippen molar-refractivity contribution in [2.24, 2.45) is 13.0 Å². The largest absolute Gasteiger partial charge is 0.354 e. The van der Waals surface area contributed by atoms with Gasteiger partial charge in [0.05, 0.1) is 5.56 Å². The van der Waals surface area contributed by atoms with E-state index in [2.05, 4.69) is 10.6 Å². The van der Waals surface area contributed by atoms with Gasteiger partial charge in [0.25, 0.3) is 5.91 Å². The summed E-state index contributed by atoms with van der Waals surface area (Å²) in [4.78, 5) is 24.4. The Labute approximate surface area is 148 Å². The van der Waals surface area contributed by atoms with Crippen LogP contribution in [0.3, 0.4) is 0 Å². The highest BCUT2D eigenvalue weighted by Crippen LogP contribution is 2.26. The van der Waals surface area contributed by atoms with Crippen molar-refractivity contribution >= 4 is 22.7 Å². The first-order valence-corrected chi connectivity index (χ1v) is 9.24. The normalized spacial score (nSPS) is 15.2. The van der Waals surface area contributed by atoms with Crippen molar-refractivity contribution in [1.29, 1.82) is 0 Å². The Morgan fingerprint density at radius 3 is 2.60 bits per heavy atom. The van der Waals surface area contributed by atoms with Crippen molar-refractivity contribution in [3.05, 3.63) is 36.0 Å². The van der Waals surface area contributed by atoms with Crippen molar-refractivity contribution in [1.82, 2.24) is 15.2 Å². The molecule has 2 amide bonds. The number of aryl methyl sites for hydroxylation is 1. The first-order chi connectivity index (χ1) is 12.1. The summed E-state index contributed by atoms with van der Waals surface area (Å²) in [5.41, 5.74) is 1.71. The van der Waals surface area contributed by atoms with E-state index in [1.165, 1.54) is 32.1 Å². The number of nitrogens with one attached hydrogen (secondary N) is 2. The molecule has 0 unspecified atom stereocenters. The van der Waals surface area contributed by atoms with Crippen LogP contribution in [0.15, 0.2) is 30.5 Å². The van der Waals surface area contributed by atoms with Crippen molar-refractivity contribution in [2.45, 2.75) is 38.5 Å². The van der Waals surface area contributed by atoms with Gasteiger partial charge in [0.2, 0.25) is 5.91 Å². The van der Waals surface area contributed by atoms with Crippen LogP contribution < -0.4 is 10.6 Å². The zero-order valence-corrected chi connectivity index (χ0v) is 14.9. The van der Waals surface area contributed by atoms with E-state index in [0.29, 0.717) is 31.0 Å². The molecule has 25 heavy (non-hydrogen) atoms. The Morgan fingerprint density at radius 1 is 1.08 bits per heavy atom. The third kappa shape index (κ3) is 4.41. The highest BCUT2D eigenvalue weighted by atomic mass is 16.2. The molecule has 0 radical (unpaired) electrons. The van der Waals surface area contributed by atoms with Gasteiger partial charge in [0.1, 0.15) is 0 Å². The molecule has 0 aliphatic heterocycles. The quantitative estimate of drug-likeness (QED) is 0.794. The average molecular weight is 341 g/mol. The first-order valence-electron chi connectivity index (χ1n) is 9.24. The van der Waals surface area contributed by atoms with Crippen LogP contribution in [0.2, 0.25) is 0 Å². The summed E-state index contributed by atoms with van der Waals surface area (Å²) < 4.78 is 1.95. The number of carbonyl (C=O) groups excluding carboxylic acids is 2. The van der Waals surface area contributed by atoms with Crippen LogP contribution in [0.4, 0.5) is 0 Å². The predicted molar refractivity (Wildman–Crippen MR) is 99.5 cm³/mol. The Balaban J connectivity index is 1.44. The van der Waals surface area contributed by atoms with E-state index >= 15 is 0 Å². The minimum atomic E-state index is -0.0988. The maximum absolute atomic E-state index is 12.4. The number of amides is 2. The van der Waals surface area contributed by atoms with Gasteiger partial charge in [-0.15, -0.1) is 0 Å². The maximum Gasteiger partial charge on any atom is 0.253 e. The molecule has 1 heterocycles. The fourth-order valence-corrected chi connectivity index (χ4v) is 3.72. The number of hydrogen-bond donors (Lipinski definition) is 2. The van der Waals surface area contributed by atoms with E-state index in [1.54, 1.807) is 0 Å². The maximum atomic E-state index is 12.4. The number of carbonyl (C=O) groups is 2. The lowest BCUT2D eigenvalue weighted by atomic mass is 9.87. The standard InChI is InChI=1S/C20H27N3O2/c1-23-14-17(16-9-5-6-10-18(16)23)20(25)22-12-11-21-19(24)13-15-7-3-2-4-8-15/h5-6,9-10,14-15H,2-4,7-8,11-13H2,1H3,(H,21,24)(H,22,25). The van der Waals surface area contributed by atoms with Gasteiger partial charge in [-0.3, -0.25) is 9.59 Å². The summed E-state index contributed by atoms with van der Waals surface area (Å²) in [6.45, 7) is 0.917. The van der Waals surface area contributed by atoms with Gasteiger partial charge in [-0.25, -0.2) is 0 Å². The zero-order valence-electron chi connectivity index (χ0n) is 14.9. The molecule has 134 valence electrons. The lowest BCUT2D eigenvalue weighted by Gasteiger charge is -2.20. The summed E-state index contributed by atoms with van der Waals surface area (Å²) in [7, 11) is 1.94. The predicted octanol–water partition coefficient (Wildman–Crippen LogP) is 2.99. The Bertz CT molecular complexity index is 744. The van der Waals surface area contributed by atoms with Crippen LogP contribution in [-0.2, 0) is 11.8 Å². The number of fused-ring (bicyclic) bond motifs is 1. The fraction of sp³-hybridized carbons (Fsp3) is 0.500. The minimum absolute atomic E-state index is 0.0988. The van der Waals surface area contributed by atoms with Gasteiger partial charge in [-0.2, -0.15) is 0 Å². The van der Waals surface area contributed by atoms with Crippen molar-refractivity contribution in [2.75, 3.05) is 13.1 Å². The minimum Gasteiger partial charge on any atom is -0.354 e. The number of hydrogen-bond acceptors (Lipinski definition) is 2. The second-order valence-electron chi connectivity index (χ2n) is 6.98. The van der Waals surface area contributed by atoms with Gasteiger partial charge in [0.15, 0.2) is 0 Å². The third-order valence-corrected chi connectivity index (χ3v) is 5.07. The second-order valence-corrected chi connectivity index (χ2v) is 6.98. The molecule has 1 saturated carbocycles. The molecular weight excluding hydrogens is 314 g/mol. The van der Waals surface area contributed by atoms with E-state index < -0.39 is 0 Å². The monoisotopic (exact) mass is 341 g/mol. The molecule has 0 saturated heterocycles. The van der Waals surface area contributed by atoms with Crippen molar-refractivity contribution in [3.63, 3.8) is 0 Å². The lowest BCUT2D eigenvalue weighted by Crippen LogP contribution is -2.35. The SMILES string of the molecule is Cn1cc(C(=O)NCCNC(=O)CC2CCCCC2)c2ccccc21. The molecule has 2 N–H and O–H groups in total. The topological polar surface area (TPSA) is 63.1 Å². The summed E-state index contributed by atoms with van der Waals surface area (Å²) >= 11 is 0. The molecule has 0 spiro atoms. The van der Waals surface area contributed by atoms with Gasteiger partial charge < -0.3 is 15.2 Å². The van der Waals surface area contributed by atoms with E-state index in [-0.39, 0.29) is 11.8 Å². The number of rotatable bonds is 6. The Kier molecular flexibility index (Phi) is 5.74. The van der Waals surface area contributed by atoms with Crippen LogP contribution in [0, 0.1) is 5.92 Å². The molecule has 3 rings (SSSR count). The molecular formula is C20H27N3O2. The highest BCUT2D eigenvalue weighted by Gasteiger charge is 2.17. The van der Waals surface area contributed by atoms with Gasteiger partial charge >= 0.3 is 0 Å². The van der Waals surface area contributed by atoms with E-state index in [0.717, 1.165) is 10.9 Å². The number of nitrogens with zero attached hydrogens (tertiary/aromatic N) is 1. The Morgan fingerprint density at radius 2 is 1.80 bits per heavy atom. The summed E-state index contributed by atoms with van der Waals surface area (Å²) in [6, 6.07) is 7.85. The van der Waals surface area contributed by atoms with Crippen LogP contribution >= 0.6 is 0 Å². The highest BCUT2D eigenvalue weighted by molar-refractivity contribution is 6.06. The molecule has 2 aromatic rings. The molecule has 0 atom stereocenters. The third-order valence-electron chi connectivity index (χ3n) is 5.07. The van der Waals surface area contributed by atoms with Gasteiger partial charge in [-0.1, -0.05) is 37.5 Å². The van der Waals surface area contributed by atoms with E-state index in [1.807, 2.05) is 42.1 Å². The van der Waals surface area contributed by atoms with E-state index in [9.17, 15) is 9.59 Å². The molecule has 1 aromatic heterocycles. The fourth-order valence-electron chi connectivity index (χ4n) is 3.72. The van der Waals surface area contributed by atoms with E-state index in [4.69, 9.17) is 0 Å². The van der Waals surface area contributed by atoms with Gasteiger partial charge in [-0.05, 0) is 24.8 Å². The molecule has 1 aliphatic carbocycles. The van der Waals surface area contributed by atoms with Gasteiger partial charge in [0, 0.05) is 43.7 Å². The molecule has 1 aliphatic rings. The van der Waals surface area contributed by atoms with Crippen LogP contribution in [-0.4, -0.2) is 29.5 Å². The van der Waals surface area contributed by atoms with Crippen molar-refractivity contribution < 1.29 is 9.59 Å². The molecule has 1 fully saturated rings. The average Bonchev–Trinajstić information content (AvgIpc) is 2.97. The zero-order chi connectivity index (χ0) is 17.6. The molecule has 5 nitrogen and oxygen atoms in total. The summed E-state index contributed by atoms with van der Waals surface area (Å²) in [5.74, 6) is 0.545. The van der Waals surface area contributed by atoms with Crippen molar-refractivity contribution in [3.8, 4) is 0 Å². The number of aromatic nitrogens is 1. The number of para-hydroxylation sites is 1. The number of benzene rings is 1. The molecule has 1 aromatic carbocycles. The molecule has 5 heteroatoms. The van der Waals surface area contributed by atoms with Crippen LogP contribution in [0.25, 0.3) is 10.9 Å². The second kappa shape index (κ2) is 8.19.